The Morgan fingerprint density at radius 3 is 2.41 bits per heavy atom. The molecule has 1 amide bonds. The Balaban J connectivity index is 1.97. The van der Waals surface area contributed by atoms with Gasteiger partial charge in [0.2, 0.25) is 5.91 Å². The van der Waals surface area contributed by atoms with Crippen LogP contribution in [0.3, 0.4) is 0 Å². The SMILES string of the molecule is CC(C(=O)N1CCNCC1)C1(O)CCCCC1. The van der Waals surface area contributed by atoms with Gasteiger partial charge in [-0.25, -0.2) is 0 Å². The first-order chi connectivity index (χ1) is 8.13. The van der Waals surface area contributed by atoms with Gasteiger partial charge in [-0.2, -0.15) is 0 Å². The molecule has 2 N–H and O–H groups in total. The predicted molar refractivity (Wildman–Crippen MR) is 66.6 cm³/mol. The van der Waals surface area contributed by atoms with Crippen LogP contribution < -0.4 is 5.32 Å². The molecule has 0 radical (unpaired) electrons. The predicted octanol–water partition coefficient (Wildman–Crippen LogP) is 0.749. The average Bonchev–Trinajstić information content (AvgIpc) is 2.39. The second-order valence-corrected chi connectivity index (χ2v) is 5.46. The van der Waals surface area contributed by atoms with Crippen LogP contribution in [0, 0.1) is 5.92 Å². The molecular formula is C13H24N2O2. The zero-order valence-corrected chi connectivity index (χ0v) is 10.7. The summed E-state index contributed by atoms with van der Waals surface area (Å²) in [6, 6.07) is 0. The Morgan fingerprint density at radius 1 is 1.24 bits per heavy atom. The lowest BCUT2D eigenvalue weighted by atomic mass is 9.76. The molecule has 17 heavy (non-hydrogen) atoms. The Morgan fingerprint density at radius 2 is 1.82 bits per heavy atom. The van der Waals surface area contributed by atoms with Crippen molar-refractivity contribution in [2.45, 2.75) is 44.6 Å². The minimum Gasteiger partial charge on any atom is -0.389 e. The molecule has 0 aromatic rings. The molecule has 1 aliphatic heterocycles. The van der Waals surface area contributed by atoms with E-state index < -0.39 is 5.60 Å². The summed E-state index contributed by atoms with van der Waals surface area (Å²) < 4.78 is 0. The first-order valence-corrected chi connectivity index (χ1v) is 6.85. The van der Waals surface area contributed by atoms with Crippen molar-refractivity contribution in [3.63, 3.8) is 0 Å². The molecule has 2 fully saturated rings. The number of nitrogens with one attached hydrogen (secondary N) is 1. The molecule has 0 bridgehead atoms. The fourth-order valence-corrected chi connectivity index (χ4v) is 2.99. The molecule has 4 heteroatoms. The maximum Gasteiger partial charge on any atom is 0.228 e. The van der Waals surface area contributed by atoms with Crippen molar-refractivity contribution in [3.8, 4) is 0 Å². The fraction of sp³-hybridized carbons (Fsp3) is 0.923. The minimum absolute atomic E-state index is 0.135. The van der Waals surface area contributed by atoms with Gasteiger partial charge in [-0.3, -0.25) is 4.79 Å². The van der Waals surface area contributed by atoms with E-state index >= 15 is 0 Å². The van der Waals surface area contributed by atoms with Crippen LogP contribution in [-0.4, -0.2) is 47.7 Å². The van der Waals surface area contributed by atoms with E-state index in [4.69, 9.17) is 0 Å². The van der Waals surface area contributed by atoms with Crippen molar-refractivity contribution >= 4 is 5.91 Å². The lowest BCUT2D eigenvalue weighted by Crippen LogP contribution is -2.53. The summed E-state index contributed by atoms with van der Waals surface area (Å²) in [6.45, 7) is 5.20. The molecule has 1 aliphatic carbocycles. The lowest BCUT2D eigenvalue weighted by Gasteiger charge is -2.39. The smallest absolute Gasteiger partial charge is 0.228 e. The van der Waals surface area contributed by atoms with Crippen LogP contribution in [0.2, 0.25) is 0 Å². The van der Waals surface area contributed by atoms with Crippen LogP contribution in [0.4, 0.5) is 0 Å². The highest BCUT2D eigenvalue weighted by Crippen LogP contribution is 2.35. The van der Waals surface area contributed by atoms with Gasteiger partial charge in [-0.1, -0.05) is 26.2 Å². The van der Waals surface area contributed by atoms with E-state index in [1.165, 1.54) is 6.42 Å². The van der Waals surface area contributed by atoms with Crippen molar-refractivity contribution in [2.24, 2.45) is 5.92 Å². The van der Waals surface area contributed by atoms with Gasteiger partial charge < -0.3 is 15.3 Å². The molecule has 0 aromatic carbocycles. The van der Waals surface area contributed by atoms with Crippen molar-refractivity contribution in [3.05, 3.63) is 0 Å². The zero-order chi connectivity index (χ0) is 12.3. The van der Waals surface area contributed by atoms with Gasteiger partial charge in [-0.05, 0) is 12.8 Å². The first kappa shape index (κ1) is 12.8. The van der Waals surface area contributed by atoms with Gasteiger partial charge in [0.1, 0.15) is 0 Å². The van der Waals surface area contributed by atoms with E-state index in [1.807, 2.05) is 11.8 Å². The largest absolute Gasteiger partial charge is 0.389 e. The highest BCUT2D eigenvalue weighted by atomic mass is 16.3. The van der Waals surface area contributed by atoms with Crippen LogP contribution in [0.1, 0.15) is 39.0 Å². The highest BCUT2D eigenvalue weighted by Gasteiger charge is 2.40. The van der Waals surface area contributed by atoms with E-state index in [1.54, 1.807) is 0 Å². The van der Waals surface area contributed by atoms with Gasteiger partial charge in [-0.15, -0.1) is 0 Å². The molecule has 1 heterocycles. The quantitative estimate of drug-likeness (QED) is 0.749. The molecule has 1 saturated carbocycles. The summed E-state index contributed by atoms with van der Waals surface area (Å²) in [5.41, 5.74) is -0.750. The molecule has 1 unspecified atom stereocenters. The van der Waals surface area contributed by atoms with Gasteiger partial charge in [0.25, 0.3) is 0 Å². The Labute approximate surface area is 103 Å². The first-order valence-electron chi connectivity index (χ1n) is 6.85. The fourth-order valence-electron chi connectivity index (χ4n) is 2.99. The number of aliphatic hydroxyl groups is 1. The standard InChI is InChI=1S/C13H24N2O2/c1-11(13(17)5-3-2-4-6-13)12(16)15-9-7-14-8-10-15/h11,14,17H,2-10H2,1H3. The number of piperazine rings is 1. The number of hydrogen-bond donors (Lipinski definition) is 2. The molecule has 0 aromatic heterocycles. The highest BCUT2D eigenvalue weighted by molar-refractivity contribution is 5.79. The van der Waals surface area contributed by atoms with E-state index in [-0.39, 0.29) is 11.8 Å². The van der Waals surface area contributed by atoms with Gasteiger partial charge >= 0.3 is 0 Å². The van der Waals surface area contributed by atoms with Gasteiger partial charge in [0.15, 0.2) is 0 Å². The molecule has 1 saturated heterocycles. The number of rotatable bonds is 2. The summed E-state index contributed by atoms with van der Waals surface area (Å²) in [6.07, 6.45) is 4.86. The van der Waals surface area contributed by atoms with E-state index in [0.29, 0.717) is 0 Å². The maximum atomic E-state index is 12.3. The summed E-state index contributed by atoms with van der Waals surface area (Å²) in [4.78, 5) is 14.2. The number of carbonyl (C=O) groups excluding carboxylic acids is 1. The third-order valence-electron chi connectivity index (χ3n) is 4.32. The summed E-state index contributed by atoms with van der Waals surface area (Å²) >= 11 is 0. The van der Waals surface area contributed by atoms with Crippen LogP contribution in [0.25, 0.3) is 0 Å². The second-order valence-electron chi connectivity index (χ2n) is 5.46. The molecular weight excluding hydrogens is 216 g/mol. The van der Waals surface area contributed by atoms with Crippen LogP contribution in [-0.2, 0) is 4.79 Å². The topological polar surface area (TPSA) is 52.6 Å². The molecule has 1 atom stereocenters. The number of amides is 1. The molecule has 0 spiro atoms. The molecule has 4 nitrogen and oxygen atoms in total. The van der Waals surface area contributed by atoms with Crippen LogP contribution >= 0.6 is 0 Å². The van der Waals surface area contributed by atoms with Crippen molar-refractivity contribution < 1.29 is 9.90 Å². The monoisotopic (exact) mass is 240 g/mol. The zero-order valence-electron chi connectivity index (χ0n) is 10.7. The molecule has 98 valence electrons. The third-order valence-corrected chi connectivity index (χ3v) is 4.32. The number of nitrogens with zero attached hydrogens (tertiary/aromatic N) is 1. The summed E-state index contributed by atoms with van der Waals surface area (Å²) in [5, 5.41) is 13.8. The third kappa shape index (κ3) is 2.80. The van der Waals surface area contributed by atoms with Crippen LogP contribution in [0.5, 0.6) is 0 Å². The summed E-state index contributed by atoms with van der Waals surface area (Å²) in [5.74, 6) is -0.114. The van der Waals surface area contributed by atoms with E-state index in [2.05, 4.69) is 5.32 Å². The Hall–Kier alpha value is -0.610. The Bertz CT molecular complexity index is 269. The van der Waals surface area contributed by atoms with Crippen LogP contribution in [0.15, 0.2) is 0 Å². The Kier molecular flexibility index (Phi) is 4.05. The maximum absolute atomic E-state index is 12.3. The molecule has 2 aliphatic rings. The number of carbonyl (C=O) groups is 1. The summed E-state index contributed by atoms with van der Waals surface area (Å²) in [7, 11) is 0. The van der Waals surface area contributed by atoms with E-state index in [9.17, 15) is 9.90 Å². The van der Waals surface area contributed by atoms with E-state index in [0.717, 1.165) is 51.9 Å². The lowest BCUT2D eigenvalue weighted by molar-refractivity contribution is -0.147. The van der Waals surface area contributed by atoms with Gasteiger partial charge in [0, 0.05) is 26.2 Å². The van der Waals surface area contributed by atoms with Gasteiger partial charge in [0.05, 0.1) is 11.5 Å². The molecule has 2 rings (SSSR count). The van der Waals surface area contributed by atoms with Crippen molar-refractivity contribution in [2.75, 3.05) is 26.2 Å². The van der Waals surface area contributed by atoms with Crippen molar-refractivity contribution in [1.29, 1.82) is 0 Å². The van der Waals surface area contributed by atoms with Crippen molar-refractivity contribution in [1.82, 2.24) is 10.2 Å². The second kappa shape index (κ2) is 5.36. The number of hydrogen-bond acceptors (Lipinski definition) is 3. The average molecular weight is 240 g/mol. The minimum atomic E-state index is -0.750. The normalized spacial score (nSPS) is 26.6.